The summed E-state index contributed by atoms with van der Waals surface area (Å²) in [6.45, 7) is 6.69. The molecule has 3 rings (SSSR count). The van der Waals surface area contributed by atoms with Gasteiger partial charge in [-0.2, -0.15) is 5.10 Å². The second kappa shape index (κ2) is 9.26. The summed E-state index contributed by atoms with van der Waals surface area (Å²) in [7, 11) is -3.56. The second-order valence-electron chi connectivity index (χ2n) is 8.14. The lowest BCUT2D eigenvalue weighted by Gasteiger charge is -2.28. The van der Waals surface area contributed by atoms with Crippen LogP contribution in [-0.4, -0.2) is 35.6 Å². The third-order valence-electron chi connectivity index (χ3n) is 5.84. The van der Waals surface area contributed by atoms with Gasteiger partial charge in [0.1, 0.15) is 4.90 Å². The fraction of sp³-hybridized carbons (Fsp3) is 0.571. The fourth-order valence-electron chi connectivity index (χ4n) is 4.14. The zero-order valence-electron chi connectivity index (χ0n) is 17.9. The van der Waals surface area contributed by atoms with Crippen LogP contribution in [0.2, 0.25) is 0 Å². The van der Waals surface area contributed by atoms with Crippen molar-refractivity contribution in [2.75, 3.05) is 6.54 Å². The van der Waals surface area contributed by atoms with Gasteiger partial charge in [-0.15, -0.1) is 0 Å². The topological polar surface area (TPSA) is 120 Å². The minimum absolute atomic E-state index is 0.263. The SMILES string of the molecule is CCCn1cc(S(=O)(=O)NCC2CCC(c3ccc(C(N)=O)c(C)n3)CC2)c(C)n1. The monoisotopic (exact) mass is 433 g/mol. The molecule has 1 saturated carbocycles. The number of sulfonamides is 1. The Labute approximate surface area is 178 Å². The van der Waals surface area contributed by atoms with Gasteiger partial charge in [0.2, 0.25) is 10.0 Å². The van der Waals surface area contributed by atoms with Gasteiger partial charge < -0.3 is 5.73 Å². The standard InChI is InChI=1S/C21H31N5O3S/c1-4-11-26-13-20(15(3)25-26)30(28,29)23-12-16-5-7-17(8-6-16)19-10-9-18(21(22)27)14(2)24-19/h9-10,13,16-17,23H,4-8,11-12H2,1-3H3,(H2,22,27). The molecule has 8 nitrogen and oxygen atoms in total. The predicted octanol–water partition coefficient (Wildman–Crippen LogP) is 2.66. The molecule has 2 aromatic rings. The van der Waals surface area contributed by atoms with Crippen molar-refractivity contribution >= 4 is 15.9 Å². The van der Waals surface area contributed by atoms with Crippen molar-refractivity contribution in [3.63, 3.8) is 0 Å². The van der Waals surface area contributed by atoms with Gasteiger partial charge in [0.15, 0.2) is 0 Å². The number of rotatable bonds is 8. The Morgan fingerprint density at radius 2 is 1.90 bits per heavy atom. The van der Waals surface area contributed by atoms with Crippen LogP contribution < -0.4 is 10.5 Å². The number of nitrogens with one attached hydrogen (secondary N) is 1. The van der Waals surface area contributed by atoms with E-state index in [-0.39, 0.29) is 4.90 Å². The molecule has 30 heavy (non-hydrogen) atoms. The van der Waals surface area contributed by atoms with Crippen LogP contribution in [0.25, 0.3) is 0 Å². The minimum atomic E-state index is -3.56. The molecule has 164 valence electrons. The first-order valence-corrected chi connectivity index (χ1v) is 12.0. The average Bonchev–Trinajstić information content (AvgIpc) is 3.08. The van der Waals surface area contributed by atoms with E-state index >= 15 is 0 Å². The fourth-order valence-corrected chi connectivity index (χ4v) is 5.44. The lowest BCUT2D eigenvalue weighted by atomic mass is 9.80. The van der Waals surface area contributed by atoms with Crippen molar-refractivity contribution in [1.29, 1.82) is 0 Å². The summed E-state index contributed by atoms with van der Waals surface area (Å²) in [4.78, 5) is 16.2. The number of carbonyl (C=O) groups excluding carboxylic acids is 1. The van der Waals surface area contributed by atoms with E-state index in [0.717, 1.165) is 37.8 Å². The molecule has 0 saturated heterocycles. The summed E-state index contributed by atoms with van der Waals surface area (Å²) >= 11 is 0. The molecule has 2 heterocycles. The van der Waals surface area contributed by atoms with Crippen LogP contribution in [0.3, 0.4) is 0 Å². The van der Waals surface area contributed by atoms with Crippen molar-refractivity contribution in [3.05, 3.63) is 41.0 Å². The summed E-state index contributed by atoms with van der Waals surface area (Å²) < 4.78 is 29.9. The lowest BCUT2D eigenvalue weighted by molar-refractivity contribution is 0.0999. The van der Waals surface area contributed by atoms with Crippen LogP contribution in [0.15, 0.2) is 23.2 Å². The smallest absolute Gasteiger partial charge is 0.250 e. The summed E-state index contributed by atoms with van der Waals surface area (Å²) in [5, 5.41) is 4.29. The maximum atomic E-state index is 12.7. The Hall–Kier alpha value is -2.26. The highest BCUT2D eigenvalue weighted by atomic mass is 32.2. The summed E-state index contributed by atoms with van der Waals surface area (Å²) in [5.41, 5.74) is 7.99. The number of hydrogen-bond acceptors (Lipinski definition) is 5. The molecular weight excluding hydrogens is 402 g/mol. The highest BCUT2D eigenvalue weighted by Gasteiger charge is 2.26. The molecule has 1 aliphatic carbocycles. The van der Waals surface area contributed by atoms with Crippen LogP contribution in [0.4, 0.5) is 0 Å². The highest BCUT2D eigenvalue weighted by Crippen LogP contribution is 2.35. The predicted molar refractivity (Wildman–Crippen MR) is 115 cm³/mol. The first-order valence-electron chi connectivity index (χ1n) is 10.5. The number of primary amides is 1. The molecule has 0 radical (unpaired) electrons. The summed E-state index contributed by atoms with van der Waals surface area (Å²) in [5.74, 6) is 0.166. The zero-order valence-corrected chi connectivity index (χ0v) is 18.7. The van der Waals surface area contributed by atoms with Gasteiger partial charge >= 0.3 is 0 Å². The molecule has 0 bridgehead atoms. The molecule has 9 heteroatoms. The third-order valence-corrected chi connectivity index (χ3v) is 7.37. The maximum Gasteiger partial charge on any atom is 0.250 e. The number of hydrogen-bond donors (Lipinski definition) is 2. The van der Waals surface area contributed by atoms with Gasteiger partial charge in [-0.1, -0.05) is 6.92 Å². The molecule has 1 fully saturated rings. The summed E-state index contributed by atoms with van der Waals surface area (Å²) in [6.07, 6.45) is 6.27. The first-order chi connectivity index (χ1) is 14.2. The van der Waals surface area contributed by atoms with Crippen LogP contribution in [0.1, 0.15) is 72.4 Å². The number of aromatic nitrogens is 3. The number of nitrogens with zero attached hydrogens (tertiary/aromatic N) is 3. The molecule has 0 spiro atoms. The molecular formula is C21H31N5O3S. The maximum absolute atomic E-state index is 12.7. The van der Waals surface area contributed by atoms with Crippen LogP contribution in [-0.2, 0) is 16.6 Å². The van der Waals surface area contributed by atoms with E-state index in [1.54, 1.807) is 30.8 Å². The number of nitrogens with two attached hydrogens (primary N) is 1. The van der Waals surface area contributed by atoms with Crippen LogP contribution in [0.5, 0.6) is 0 Å². The van der Waals surface area contributed by atoms with E-state index in [2.05, 4.69) is 14.8 Å². The zero-order chi connectivity index (χ0) is 21.9. The van der Waals surface area contributed by atoms with Crippen LogP contribution >= 0.6 is 0 Å². The number of aryl methyl sites for hydroxylation is 3. The Morgan fingerprint density at radius 1 is 1.20 bits per heavy atom. The van der Waals surface area contributed by atoms with Crippen molar-refractivity contribution in [2.24, 2.45) is 11.7 Å². The Balaban J connectivity index is 1.56. The van der Waals surface area contributed by atoms with E-state index in [4.69, 9.17) is 5.73 Å². The number of amides is 1. The Kier molecular flexibility index (Phi) is 6.92. The van der Waals surface area contributed by atoms with Gasteiger partial charge in [-0.3, -0.25) is 14.5 Å². The quantitative estimate of drug-likeness (QED) is 0.663. The van der Waals surface area contributed by atoms with E-state index < -0.39 is 15.9 Å². The summed E-state index contributed by atoms with van der Waals surface area (Å²) in [6, 6.07) is 3.64. The van der Waals surface area contributed by atoms with Crippen LogP contribution in [0, 0.1) is 19.8 Å². The Morgan fingerprint density at radius 3 is 2.50 bits per heavy atom. The number of pyridine rings is 1. The van der Waals surface area contributed by atoms with Gasteiger partial charge in [-0.05, 0) is 64.0 Å². The molecule has 0 atom stereocenters. The molecule has 0 aromatic carbocycles. The highest BCUT2D eigenvalue weighted by molar-refractivity contribution is 7.89. The second-order valence-corrected chi connectivity index (χ2v) is 9.88. The van der Waals surface area contributed by atoms with Gasteiger partial charge in [-0.25, -0.2) is 13.1 Å². The van der Waals surface area contributed by atoms with Gasteiger partial charge in [0.25, 0.3) is 5.91 Å². The normalized spacial score (nSPS) is 19.7. The molecule has 3 N–H and O–H groups in total. The molecule has 1 aliphatic rings. The van der Waals surface area contributed by atoms with E-state index in [0.29, 0.717) is 41.9 Å². The molecule has 0 aliphatic heterocycles. The van der Waals surface area contributed by atoms with Crippen molar-refractivity contribution in [1.82, 2.24) is 19.5 Å². The van der Waals surface area contributed by atoms with E-state index in [1.807, 2.05) is 13.0 Å². The number of carbonyl (C=O) groups is 1. The minimum Gasteiger partial charge on any atom is -0.366 e. The van der Waals surface area contributed by atoms with Crippen molar-refractivity contribution in [3.8, 4) is 0 Å². The first kappa shape index (κ1) is 22.4. The van der Waals surface area contributed by atoms with Gasteiger partial charge in [0.05, 0.1) is 17.0 Å². The third kappa shape index (κ3) is 5.07. The van der Waals surface area contributed by atoms with E-state index in [9.17, 15) is 13.2 Å². The molecule has 0 unspecified atom stereocenters. The largest absolute Gasteiger partial charge is 0.366 e. The van der Waals surface area contributed by atoms with Gasteiger partial charge in [0, 0.05) is 30.9 Å². The molecule has 2 aromatic heterocycles. The van der Waals surface area contributed by atoms with Crippen molar-refractivity contribution in [2.45, 2.75) is 70.2 Å². The average molecular weight is 434 g/mol. The van der Waals surface area contributed by atoms with Crippen molar-refractivity contribution < 1.29 is 13.2 Å². The van der Waals surface area contributed by atoms with E-state index in [1.165, 1.54) is 0 Å². The lowest BCUT2D eigenvalue weighted by Crippen LogP contribution is -2.31. The Bertz CT molecular complexity index is 1010. The molecule has 1 amide bonds.